The number of hydrogen-bond donors (Lipinski definition) is 2. The molecule has 1 atom stereocenters. The number of benzene rings is 1. The highest BCUT2D eigenvalue weighted by atomic mass is 79.9. The van der Waals surface area contributed by atoms with Crippen LogP contribution in [0.4, 0.5) is 20.3 Å². The van der Waals surface area contributed by atoms with E-state index in [1.165, 1.54) is 24.3 Å². The number of nitrogens with one attached hydrogen (secondary N) is 2. The number of pyridine rings is 1. The van der Waals surface area contributed by atoms with Gasteiger partial charge in [0.2, 0.25) is 11.8 Å². The molecular formula is C21H23BrF2N4O3. The lowest BCUT2D eigenvalue weighted by Gasteiger charge is -2.34. The van der Waals surface area contributed by atoms with Gasteiger partial charge >= 0.3 is 6.61 Å². The molecule has 1 unspecified atom stereocenters. The Morgan fingerprint density at radius 2 is 1.81 bits per heavy atom. The molecule has 1 aromatic carbocycles. The number of aromatic nitrogens is 1. The van der Waals surface area contributed by atoms with Gasteiger partial charge in [0.05, 0.1) is 6.04 Å². The van der Waals surface area contributed by atoms with E-state index in [2.05, 4.69) is 36.3 Å². The molecule has 166 valence electrons. The molecule has 2 heterocycles. The predicted molar refractivity (Wildman–Crippen MR) is 116 cm³/mol. The van der Waals surface area contributed by atoms with Crippen LogP contribution >= 0.6 is 15.9 Å². The van der Waals surface area contributed by atoms with Gasteiger partial charge in [-0.15, -0.1) is 0 Å². The summed E-state index contributed by atoms with van der Waals surface area (Å²) in [7, 11) is 0. The first-order valence-corrected chi connectivity index (χ1v) is 10.6. The third-order valence-corrected chi connectivity index (χ3v) is 5.62. The van der Waals surface area contributed by atoms with Crippen LogP contribution in [0.1, 0.15) is 19.8 Å². The first kappa shape index (κ1) is 23.1. The Morgan fingerprint density at radius 3 is 2.39 bits per heavy atom. The average Bonchev–Trinajstić information content (AvgIpc) is 2.76. The Hall–Kier alpha value is -2.59. The fourth-order valence-electron chi connectivity index (χ4n) is 3.36. The Morgan fingerprint density at radius 1 is 1.13 bits per heavy atom. The summed E-state index contributed by atoms with van der Waals surface area (Å²) in [5.74, 6) is 0.120. The highest BCUT2D eigenvalue weighted by molar-refractivity contribution is 9.10. The molecule has 1 saturated heterocycles. The maximum absolute atomic E-state index is 12.6. The van der Waals surface area contributed by atoms with E-state index in [0.29, 0.717) is 37.4 Å². The van der Waals surface area contributed by atoms with E-state index in [0.717, 1.165) is 4.47 Å². The van der Waals surface area contributed by atoms with E-state index in [1.54, 1.807) is 19.2 Å². The van der Waals surface area contributed by atoms with E-state index in [-0.39, 0.29) is 23.5 Å². The van der Waals surface area contributed by atoms with E-state index in [4.69, 9.17) is 0 Å². The van der Waals surface area contributed by atoms with Gasteiger partial charge in [-0.25, -0.2) is 4.98 Å². The van der Waals surface area contributed by atoms with Crippen molar-refractivity contribution in [1.82, 2.24) is 9.88 Å². The van der Waals surface area contributed by atoms with E-state index >= 15 is 0 Å². The van der Waals surface area contributed by atoms with Crippen LogP contribution in [0.15, 0.2) is 47.1 Å². The molecule has 0 bridgehead atoms. The normalized spacial score (nSPS) is 16.0. The Kier molecular flexibility index (Phi) is 7.91. The fourth-order valence-corrected chi connectivity index (χ4v) is 3.59. The number of rotatable bonds is 7. The SMILES string of the molecule is CC(C(=O)Nc1ccc(OC(F)F)cc1)N1CCC(C(=O)Nc2ccc(Br)cn2)CC1. The molecule has 1 fully saturated rings. The topological polar surface area (TPSA) is 83.6 Å². The quantitative estimate of drug-likeness (QED) is 0.602. The molecule has 10 heteroatoms. The highest BCUT2D eigenvalue weighted by Crippen LogP contribution is 2.22. The van der Waals surface area contributed by atoms with E-state index in [9.17, 15) is 18.4 Å². The first-order valence-electron chi connectivity index (χ1n) is 9.84. The highest BCUT2D eigenvalue weighted by Gasteiger charge is 2.30. The van der Waals surface area contributed by atoms with Crippen molar-refractivity contribution >= 4 is 39.2 Å². The number of anilines is 2. The molecule has 2 aromatic rings. The number of amides is 2. The monoisotopic (exact) mass is 496 g/mol. The van der Waals surface area contributed by atoms with E-state index in [1.807, 2.05) is 11.0 Å². The molecule has 2 amide bonds. The van der Waals surface area contributed by atoms with Crippen molar-refractivity contribution in [2.24, 2.45) is 5.92 Å². The standard InChI is InChI=1S/C21H23BrF2N4O3/c1-13(19(29)26-16-3-5-17(6-4-16)31-21(23)24)28-10-8-14(9-11-28)20(30)27-18-7-2-15(22)12-25-18/h2-7,12-14,21H,8-11H2,1H3,(H,26,29)(H,25,27,30). The molecular weight excluding hydrogens is 474 g/mol. The van der Waals surface area contributed by atoms with Crippen molar-refractivity contribution in [3.8, 4) is 5.75 Å². The number of ether oxygens (including phenoxy) is 1. The van der Waals surface area contributed by atoms with Crippen molar-refractivity contribution in [1.29, 1.82) is 0 Å². The van der Waals surface area contributed by atoms with E-state index < -0.39 is 12.7 Å². The van der Waals surface area contributed by atoms with Crippen molar-refractivity contribution in [2.75, 3.05) is 23.7 Å². The summed E-state index contributed by atoms with van der Waals surface area (Å²) in [4.78, 5) is 31.2. The second-order valence-electron chi connectivity index (χ2n) is 7.23. The first-order chi connectivity index (χ1) is 14.8. The number of carbonyl (C=O) groups excluding carboxylic acids is 2. The van der Waals surface area contributed by atoms with Crippen molar-refractivity contribution in [3.63, 3.8) is 0 Å². The van der Waals surface area contributed by atoms with Crippen LogP contribution in [0.3, 0.4) is 0 Å². The van der Waals surface area contributed by atoms with Crippen LogP contribution in [0.5, 0.6) is 5.75 Å². The number of nitrogens with zero attached hydrogens (tertiary/aromatic N) is 2. The van der Waals surface area contributed by atoms with Gasteiger partial charge in [-0.05, 0) is 85.2 Å². The van der Waals surface area contributed by atoms with Crippen molar-refractivity contribution < 1.29 is 23.1 Å². The van der Waals surface area contributed by atoms with Gasteiger partial charge in [-0.1, -0.05) is 0 Å². The lowest BCUT2D eigenvalue weighted by molar-refractivity contribution is -0.123. The number of carbonyl (C=O) groups is 2. The molecule has 0 radical (unpaired) electrons. The molecule has 7 nitrogen and oxygen atoms in total. The van der Waals surface area contributed by atoms with Crippen LogP contribution in [0.2, 0.25) is 0 Å². The second-order valence-corrected chi connectivity index (χ2v) is 8.14. The van der Waals surface area contributed by atoms with Crippen LogP contribution in [-0.2, 0) is 9.59 Å². The summed E-state index contributed by atoms with van der Waals surface area (Å²) in [6.07, 6.45) is 2.90. The number of hydrogen-bond acceptors (Lipinski definition) is 5. The number of piperidine rings is 1. The fraction of sp³-hybridized carbons (Fsp3) is 0.381. The zero-order valence-electron chi connectivity index (χ0n) is 16.9. The summed E-state index contributed by atoms with van der Waals surface area (Å²) in [5.41, 5.74) is 0.495. The Labute approximate surface area is 187 Å². The predicted octanol–water partition coefficient (Wildman–Crippen LogP) is 4.12. The number of halogens is 3. The van der Waals surface area contributed by atoms with Gasteiger partial charge in [0, 0.05) is 22.3 Å². The lowest BCUT2D eigenvalue weighted by atomic mass is 9.95. The maximum Gasteiger partial charge on any atom is 0.387 e. The summed E-state index contributed by atoms with van der Waals surface area (Å²) >= 11 is 3.31. The van der Waals surface area contributed by atoms with Crippen LogP contribution < -0.4 is 15.4 Å². The molecule has 3 rings (SSSR count). The molecule has 0 spiro atoms. The minimum absolute atomic E-state index is 0.0275. The van der Waals surface area contributed by atoms with Gasteiger partial charge in [-0.2, -0.15) is 8.78 Å². The van der Waals surface area contributed by atoms with Crippen molar-refractivity contribution in [3.05, 3.63) is 47.1 Å². The van der Waals surface area contributed by atoms with Crippen LogP contribution in [-0.4, -0.2) is 47.4 Å². The zero-order chi connectivity index (χ0) is 22.4. The summed E-state index contributed by atoms with van der Waals surface area (Å²) in [6.45, 7) is 0.135. The second kappa shape index (κ2) is 10.6. The van der Waals surface area contributed by atoms with Gasteiger partial charge in [-0.3, -0.25) is 14.5 Å². The number of alkyl halides is 2. The summed E-state index contributed by atoms with van der Waals surface area (Å²) in [6, 6.07) is 8.91. The van der Waals surface area contributed by atoms with Crippen molar-refractivity contribution in [2.45, 2.75) is 32.4 Å². The third kappa shape index (κ3) is 6.70. The maximum atomic E-state index is 12.6. The molecule has 0 aliphatic carbocycles. The van der Waals surface area contributed by atoms with Crippen LogP contribution in [0.25, 0.3) is 0 Å². The zero-order valence-corrected chi connectivity index (χ0v) is 18.4. The molecule has 1 aliphatic heterocycles. The van der Waals surface area contributed by atoms with Gasteiger partial charge < -0.3 is 15.4 Å². The van der Waals surface area contributed by atoms with Gasteiger partial charge in [0.15, 0.2) is 0 Å². The molecule has 31 heavy (non-hydrogen) atoms. The Balaban J connectivity index is 1.46. The lowest BCUT2D eigenvalue weighted by Crippen LogP contribution is -2.47. The third-order valence-electron chi connectivity index (χ3n) is 5.15. The van der Waals surface area contributed by atoms with Crippen LogP contribution in [0, 0.1) is 5.92 Å². The molecule has 2 N–H and O–H groups in total. The summed E-state index contributed by atoms with van der Waals surface area (Å²) in [5, 5.41) is 5.60. The van der Waals surface area contributed by atoms with Gasteiger partial charge in [0.1, 0.15) is 11.6 Å². The summed E-state index contributed by atoms with van der Waals surface area (Å²) < 4.78 is 29.6. The van der Waals surface area contributed by atoms with Gasteiger partial charge in [0.25, 0.3) is 0 Å². The smallest absolute Gasteiger partial charge is 0.387 e. The largest absolute Gasteiger partial charge is 0.435 e. The average molecular weight is 497 g/mol. The minimum Gasteiger partial charge on any atom is -0.435 e. The number of likely N-dealkylation sites (tertiary alicyclic amines) is 1. The molecule has 1 aliphatic rings. The molecule has 1 aromatic heterocycles. The minimum atomic E-state index is -2.89. The molecule has 0 saturated carbocycles. The Bertz CT molecular complexity index is 889.